The first-order chi connectivity index (χ1) is 15.7. The van der Waals surface area contributed by atoms with Gasteiger partial charge < -0.3 is 9.80 Å². The second-order valence-electron chi connectivity index (χ2n) is 8.43. The van der Waals surface area contributed by atoms with Crippen LogP contribution in [0.5, 0.6) is 0 Å². The average molecular weight is 469 g/mol. The highest BCUT2D eigenvalue weighted by atomic mass is 32.2. The molecule has 10 heteroatoms. The molecule has 3 heterocycles. The van der Waals surface area contributed by atoms with Gasteiger partial charge in [-0.1, -0.05) is 12.1 Å². The van der Waals surface area contributed by atoms with Crippen molar-refractivity contribution in [3.8, 4) is 5.82 Å². The average Bonchev–Trinajstić information content (AvgIpc) is 3.26. The van der Waals surface area contributed by atoms with Gasteiger partial charge in [0, 0.05) is 32.4 Å². The number of amides is 1. The van der Waals surface area contributed by atoms with Gasteiger partial charge in [-0.15, -0.1) is 10.2 Å². The Hall–Kier alpha value is -3.27. The molecule has 3 aromatic rings. The number of hydrogen-bond donors (Lipinski definition) is 0. The number of nitrogens with zero attached hydrogens (tertiary/aromatic N) is 6. The van der Waals surface area contributed by atoms with E-state index >= 15 is 0 Å². The summed E-state index contributed by atoms with van der Waals surface area (Å²) in [5.41, 5.74) is 1.72. The van der Waals surface area contributed by atoms with E-state index in [9.17, 15) is 13.2 Å². The van der Waals surface area contributed by atoms with Gasteiger partial charge in [0.15, 0.2) is 21.5 Å². The number of carbonyl (C=O) groups is 1. The van der Waals surface area contributed by atoms with Crippen LogP contribution in [-0.4, -0.2) is 70.6 Å². The maximum absolute atomic E-state index is 12.8. The lowest BCUT2D eigenvalue weighted by atomic mass is 10.1. The summed E-state index contributed by atoms with van der Waals surface area (Å²) in [7, 11) is -3.31. The molecule has 0 spiro atoms. The van der Waals surface area contributed by atoms with Crippen molar-refractivity contribution in [2.75, 3.05) is 31.1 Å². The molecule has 1 amide bonds. The van der Waals surface area contributed by atoms with Crippen LogP contribution in [0.2, 0.25) is 0 Å². The van der Waals surface area contributed by atoms with Gasteiger partial charge in [-0.2, -0.15) is 5.10 Å². The Balaban J connectivity index is 1.32. The Morgan fingerprint density at radius 2 is 1.58 bits per heavy atom. The summed E-state index contributed by atoms with van der Waals surface area (Å²) in [4.78, 5) is 17.0. The van der Waals surface area contributed by atoms with Crippen LogP contribution < -0.4 is 4.90 Å². The van der Waals surface area contributed by atoms with Gasteiger partial charge >= 0.3 is 0 Å². The Labute approximate surface area is 194 Å². The van der Waals surface area contributed by atoms with Gasteiger partial charge in [-0.05, 0) is 56.7 Å². The van der Waals surface area contributed by atoms with Gasteiger partial charge in [-0.25, -0.2) is 13.1 Å². The van der Waals surface area contributed by atoms with Gasteiger partial charge in [0.25, 0.3) is 0 Å². The van der Waals surface area contributed by atoms with E-state index in [1.807, 2.05) is 36.2 Å². The predicted octanol–water partition coefficient (Wildman–Crippen LogP) is 2.04. The molecule has 1 aromatic carbocycles. The number of piperazine rings is 1. The summed E-state index contributed by atoms with van der Waals surface area (Å²) in [6, 6.07) is 12.3. The Morgan fingerprint density at radius 3 is 2.12 bits per heavy atom. The molecule has 0 saturated carbocycles. The second-order valence-corrected chi connectivity index (χ2v) is 10.9. The zero-order chi connectivity index (χ0) is 23.6. The smallest absolute Gasteiger partial charge is 0.227 e. The van der Waals surface area contributed by atoms with E-state index < -0.39 is 15.1 Å². The number of rotatable bonds is 6. The molecule has 9 nitrogen and oxygen atoms in total. The number of sulfone groups is 1. The fourth-order valence-electron chi connectivity index (χ4n) is 3.69. The first-order valence-corrected chi connectivity index (χ1v) is 12.5. The van der Waals surface area contributed by atoms with Gasteiger partial charge in [-0.3, -0.25) is 4.79 Å². The largest absolute Gasteiger partial charge is 0.352 e. The van der Waals surface area contributed by atoms with Crippen LogP contribution >= 0.6 is 0 Å². The number of carbonyl (C=O) groups excluding carboxylic acids is 1. The van der Waals surface area contributed by atoms with E-state index in [-0.39, 0.29) is 17.2 Å². The lowest BCUT2D eigenvalue weighted by Crippen LogP contribution is -2.49. The third kappa shape index (κ3) is 5.05. The third-order valence-corrected chi connectivity index (χ3v) is 7.95. The molecule has 174 valence electrons. The molecule has 1 aliphatic heterocycles. The minimum absolute atomic E-state index is 0.0320. The standard InChI is InChI=1S/C23H28N6O3S/c1-17(2)33(31,32)20-6-4-19(5-7-20)16-23(30)28-14-12-27(13-15-28)21-8-9-22(25-24-21)29-11-10-18(3)26-29/h4-11,17H,12-16H2,1-3H3. The number of hydrogen-bond acceptors (Lipinski definition) is 7. The quantitative estimate of drug-likeness (QED) is 0.546. The maximum Gasteiger partial charge on any atom is 0.227 e. The molecule has 2 aromatic heterocycles. The minimum Gasteiger partial charge on any atom is -0.352 e. The van der Waals surface area contributed by atoms with E-state index in [0.29, 0.717) is 32.0 Å². The summed E-state index contributed by atoms with van der Waals surface area (Å²) in [6.45, 7) is 7.78. The predicted molar refractivity (Wildman–Crippen MR) is 125 cm³/mol. The fraction of sp³-hybridized carbons (Fsp3) is 0.391. The van der Waals surface area contributed by atoms with Crippen molar-refractivity contribution in [2.24, 2.45) is 0 Å². The topological polar surface area (TPSA) is 101 Å². The van der Waals surface area contributed by atoms with Crippen molar-refractivity contribution >= 4 is 21.6 Å². The molecule has 0 bridgehead atoms. The van der Waals surface area contributed by atoms with Crippen LogP contribution in [0.3, 0.4) is 0 Å². The highest BCUT2D eigenvalue weighted by molar-refractivity contribution is 7.92. The molecule has 0 N–H and O–H groups in total. The molecular weight excluding hydrogens is 440 g/mol. The van der Waals surface area contributed by atoms with Crippen molar-refractivity contribution in [3.05, 3.63) is 59.9 Å². The third-order valence-electron chi connectivity index (χ3n) is 5.78. The van der Waals surface area contributed by atoms with Crippen molar-refractivity contribution in [1.29, 1.82) is 0 Å². The lowest BCUT2D eigenvalue weighted by molar-refractivity contribution is -0.130. The molecule has 1 fully saturated rings. The molecule has 0 atom stereocenters. The van der Waals surface area contributed by atoms with Gasteiger partial charge in [0.05, 0.1) is 22.3 Å². The first kappa shape index (κ1) is 22.9. The van der Waals surface area contributed by atoms with E-state index in [0.717, 1.165) is 17.1 Å². The Kier molecular flexibility index (Phi) is 6.46. The van der Waals surface area contributed by atoms with Crippen molar-refractivity contribution in [1.82, 2.24) is 24.9 Å². The van der Waals surface area contributed by atoms with Gasteiger partial charge in [0.2, 0.25) is 5.91 Å². The maximum atomic E-state index is 12.8. The number of aromatic nitrogens is 4. The summed E-state index contributed by atoms with van der Waals surface area (Å²) in [5.74, 6) is 1.47. The summed E-state index contributed by atoms with van der Waals surface area (Å²) in [5, 5.41) is 12.5. The van der Waals surface area contributed by atoms with E-state index in [4.69, 9.17) is 0 Å². The van der Waals surface area contributed by atoms with Crippen LogP contribution in [0.1, 0.15) is 25.1 Å². The van der Waals surface area contributed by atoms with Crippen LogP contribution in [0.4, 0.5) is 5.82 Å². The van der Waals surface area contributed by atoms with Crippen LogP contribution in [-0.2, 0) is 21.1 Å². The summed E-state index contributed by atoms with van der Waals surface area (Å²) < 4.78 is 26.2. The SMILES string of the molecule is Cc1ccn(-c2ccc(N3CCN(C(=O)Cc4ccc(S(=O)(=O)C(C)C)cc4)CC3)nn2)n1. The van der Waals surface area contributed by atoms with Gasteiger partial charge in [0.1, 0.15) is 0 Å². The van der Waals surface area contributed by atoms with Crippen molar-refractivity contribution in [2.45, 2.75) is 37.3 Å². The molecule has 0 aliphatic carbocycles. The molecule has 1 saturated heterocycles. The molecule has 0 radical (unpaired) electrons. The van der Waals surface area contributed by atoms with E-state index in [2.05, 4.69) is 20.2 Å². The summed E-state index contributed by atoms with van der Waals surface area (Å²) in [6.07, 6.45) is 2.10. The fourth-order valence-corrected chi connectivity index (χ4v) is 4.75. The zero-order valence-electron chi connectivity index (χ0n) is 19.0. The first-order valence-electron chi connectivity index (χ1n) is 11.0. The van der Waals surface area contributed by atoms with E-state index in [1.54, 1.807) is 42.8 Å². The lowest BCUT2D eigenvalue weighted by Gasteiger charge is -2.35. The highest BCUT2D eigenvalue weighted by Gasteiger charge is 2.23. The van der Waals surface area contributed by atoms with Crippen molar-refractivity contribution in [3.63, 3.8) is 0 Å². The van der Waals surface area contributed by atoms with Crippen LogP contribution in [0.25, 0.3) is 5.82 Å². The Morgan fingerprint density at radius 1 is 0.939 bits per heavy atom. The molecule has 33 heavy (non-hydrogen) atoms. The van der Waals surface area contributed by atoms with E-state index in [1.165, 1.54) is 0 Å². The highest BCUT2D eigenvalue weighted by Crippen LogP contribution is 2.18. The molecule has 1 aliphatic rings. The van der Waals surface area contributed by atoms with Crippen LogP contribution in [0.15, 0.2) is 53.6 Å². The molecule has 4 rings (SSSR count). The summed E-state index contributed by atoms with van der Waals surface area (Å²) >= 11 is 0. The van der Waals surface area contributed by atoms with Crippen molar-refractivity contribution < 1.29 is 13.2 Å². The number of aryl methyl sites for hydroxylation is 1. The second kappa shape index (κ2) is 9.30. The normalized spacial score (nSPS) is 14.7. The number of anilines is 1. The monoisotopic (exact) mass is 468 g/mol. The Bertz CT molecular complexity index is 1210. The van der Waals surface area contributed by atoms with Crippen LogP contribution in [0, 0.1) is 6.92 Å². The number of benzene rings is 1. The zero-order valence-corrected chi connectivity index (χ0v) is 19.9. The minimum atomic E-state index is -3.31. The molecular formula is C23H28N6O3S. The molecule has 0 unspecified atom stereocenters.